The standard InChI is InChI=1S/C12H26N4O4S2.HI/c1-5-13-11(15-10-6-7-22(19,20)8-10)14-9-12(2,3)16-21(4,17)18;/h10,16H,5-9H2,1-4H3,(H2,13,14,15);1H. The molecule has 0 saturated carbocycles. The van der Waals surface area contributed by atoms with Gasteiger partial charge in [0.05, 0.1) is 24.3 Å². The topological polar surface area (TPSA) is 117 Å². The number of aliphatic imine (C=N–C) groups is 1. The van der Waals surface area contributed by atoms with Gasteiger partial charge in [-0.1, -0.05) is 0 Å². The van der Waals surface area contributed by atoms with E-state index >= 15 is 0 Å². The Kier molecular flexibility index (Phi) is 8.76. The molecule has 0 aromatic rings. The summed E-state index contributed by atoms with van der Waals surface area (Å²) >= 11 is 0. The minimum atomic E-state index is -3.32. The van der Waals surface area contributed by atoms with E-state index in [1.54, 1.807) is 13.8 Å². The van der Waals surface area contributed by atoms with Crippen molar-refractivity contribution in [2.24, 2.45) is 4.99 Å². The normalized spacial score (nSPS) is 21.6. The number of sulfone groups is 1. The number of guanidine groups is 1. The number of sulfonamides is 1. The molecule has 0 spiro atoms. The van der Waals surface area contributed by atoms with E-state index in [-0.39, 0.29) is 48.1 Å². The molecule has 8 nitrogen and oxygen atoms in total. The van der Waals surface area contributed by atoms with Crippen molar-refractivity contribution in [2.45, 2.75) is 38.8 Å². The maximum Gasteiger partial charge on any atom is 0.209 e. The zero-order chi connectivity index (χ0) is 17.0. The van der Waals surface area contributed by atoms with E-state index in [1.807, 2.05) is 6.92 Å². The van der Waals surface area contributed by atoms with Gasteiger partial charge in [0.25, 0.3) is 0 Å². The largest absolute Gasteiger partial charge is 0.357 e. The third-order valence-corrected chi connectivity index (χ3v) is 5.70. The number of hydrogen-bond acceptors (Lipinski definition) is 5. The third kappa shape index (κ3) is 9.67. The summed E-state index contributed by atoms with van der Waals surface area (Å²) in [6.07, 6.45) is 1.66. The van der Waals surface area contributed by atoms with E-state index < -0.39 is 25.4 Å². The lowest BCUT2D eigenvalue weighted by Crippen LogP contribution is -2.48. The second kappa shape index (κ2) is 8.81. The van der Waals surface area contributed by atoms with Crippen molar-refractivity contribution < 1.29 is 16.8 Å². The molecule has 1 aliphatic heterocycles. The van der Waals surface area contributed by atoms with Gasteiger partial charge in [0.2, 0.25) is 10.0 Å². The lowest BCUT2D eigenvalue weighted by Gasteiger charge is -2.24. The monoisotopic (exact) mass is 482 g/mol. The zero-order valence-electron chi connectivity index (χ0n) is 13.9. The minimum Gasteiger partial charge on any atom is -0.357 e. The molecule has 1 heterocycles. The summed E-state index contributed by atoms with van der Waals surface area (Å²) in [6.45, 7) is 6.24. The van der Waals surface area contributed by atoms with Crippen molar-refractivity contribution >= 4 is 49.8 Å². The molecular formula is C12H27IN4O4S2. The molecular weight excluding hydrogens is 455 g/mol. The smallest absolute Gasteiger partial charge is 0.209 e. The molecule has 1 rings (SSSR count). The molecule has 0 aromatic carbocycles. The second-order valence-corrected chi connectivity index (χ2v) is 10.2. The first-order valence-electron chi connectivity index (χ1n) is 7.17. The molecule has 0 amide bonds. The van der Waals surface area contributed by atoms with Crippen molar-refractivity contribution in [3.8, 4) is 0 Å². The Morgan fingerprint density at radius 2 is 1.96 bits per heavy atom. The molecule has 138 valence electrons. The lowest BCUT2D eigenvalue weighted by atomic mass is 10.1. The summed E-state index contributed by atoms with van der Waals surface area (Å²) in [6, 6.07) is -0.159. The predicted octanol–water partition coefficient (Wildman–Crippen LogP) is -0.326. The maximum absolute atomic E-state index is 11.5. The van der Waals surface area contributed by atoms with Crippen LogP contribution >= 0.6 is 24.0 Å². The summed E-state index contributed by atoms with van der Waals surface area (Å²) < 4.78 is 48.1. The Morgan fingerprint density at radius 1 is 1.35 bits per heavy atom. The van der Waals surface area contributed by atoms with Gasteiger partial charge in [0.15, 0.2) is 15.8 Å². The molecule has 0 radical (unpaired) electrons. The number of rotatable bonds is 6. The second-order valence-electron chi connectivity index (χ2n) is 6.20. The molecule has 1 aliphatic rings. The van der Waals surface area contributed by atoms with Crippen LogP contribution < -0.4 is 15.4 Å². The molecule has 23 heavy (non-hydrogen) atoms. The van der Waals surface area contributed by atoms with Crippen LogP contribution in [0.4, 0.5) is 0 Å². The Labute approximate surface area is 156 Å². The quantitative estimate of drug-likeness (QED) is 0.271. The van der Waals surface area contributed by atoms with E-state index in [2.05, 4.69) is 20.3 Å². The van der Waals surface area contributed by atoms with E-state index in [0.29, 0.717) is 18.9 Å². The van der Waals surface area contributed by atoms with Crippen molar-refractivity contribution in [1.82, 2.24) is 15.4 Å². The van der Waals surface area contributed by atoms with Crippen LogP contribution in [0.1, 0.15) is 27.2 Å². The van der Waals surface area contributed by atoms with Gasteiger partial charge in [-0.25, -0.2) is 21.6 Å². The van der Waals surface area contributed by atoms with Gasteiger partial charge < -0.3 is 10.6 Å². The highest BCUT2D eigenvalue weighted by molar-refractivity contribution is 14.0. The van der Waals surface area contributed by atoms with E-state index in [4.69, 9.17) is 0 Å². The molecule has 0 bridgehead atoms. The SMILES string of the molecule is CCNC(=NCC(C)(C)NS(C)(=O)=O)NC1CCS(=O)(=O)C1.I. The van der Waals surface area contributed by atoms with E-state index in [1.165, 1.54) is 0 Å². The zero-order valence-corrected chi connectivity index (χ0v) is 17.9. The van der Waals surface area contributed by atoms with Gasteiger partial charge in [-0.05, 0) is 27.2 Å². The first-order chi connectivity index (χ1) is 9.92. The van der Waals surface area contributed by atoms with Crippen LogP contribution in [-0.2, 0) is 19.9 Å². The highest BCUT2D eigenvalue weighted by Gasteiger charge is 2.28. The average molecular weight is 482 g/mol. The number of halogens is 1. The molecule has 0 aliphatic carbocycles. The molecule has 0 aromatic heterocycles. The van der Waals surface area contributed by atoms with Crippen LogP contribution in [0.2, 0.25) is 0 Å². The van der Waals surface area contributed by atoms with Crippen molar-refractivity contribution in [1.29, 1.82) is 0 Å². The maximum atomic E-state index is 11.5. The summed E-state index contributed by atoms with van der Waals surface area (Å²) in [7, 11) is -6.28. The highest BCUT2D eigenvalue weighted by atomic mass is 127. The molecule has 1 saturated heterocycles. The summed E-state index contributed by atoms with van der Waals surface area (Å²) in [5, 5.41) is 6.13. The summed E-state index contributed by atoms with van der Waals surface area (Å²) in [5.74, 6) is 0.779. The first-order valence-corrected chi connectivity index (χ1v) is 10.9. The van der Waals surface area contributed by atoms with E-state index in [0.717, 1.165) is 6.26 Å². The van der Waals surface area contributed by atoms with Gasteiger partial charge >= 0.3 is 0 Å². The summed E-state index contributed by atoms with van der Waals surface area (Å²) in [5.41, 5.74) is -0.725. The summed E-state index contributed by atoms with van der Waals surface area (Å²) in [4.78, 5) is 4.35. The van der Waals surface area contributed by atoms with Crippen LogP contribution in [0.25, 0.3) is 0 Å². The molecule has 3 N–H and O–H groups in total. The van der Waals surface area contributed by atoms with Crippen LogP contribution in [0.3, 0.4) is 0 Å². The molecule has 1 atom stereocenters. The van der Waals surface area contributed by atoms with Gasteiger partial charge in [0.1, 0.15) is 0 Å². The predicted molar refractivity (Wildman–Crippen MR) is 104 cm³/mol. The third-order valence-electron chi connectivity index (χ3n) is 3.01. The number of hydrogen-bond donors (Lipinski definition) is 3. The highest BCUT2D eigenvalue weighted by Crippen LogP contribution is 2.11. The van der Waals surface area contributed by atoms with Crippen LogP contribution in [0.15, 0.2) is 4.99 Å². The Hall–Kier alpha value is -0.140. The van der Waals surface area contributed by atoms with Gasteiger partial charge in [-0.15, -0.1) is 24.0 Å². The van der Waals surface area contributed by atoms with Crippen LogP contribution in [-0.4, -0.2) is 65.2 Å². The van der Waals surface area contributed by atoms with Crippen molar-refractivity contribution in [2.75, 3.05) is 30.9 Å². The molecule has 11 heteroatoms. The van der Waals surface area contributed by atoms with E-state index in [9.17, 15) is 16.8 Å². The lowest BCUT2D eigenvalue weighted by molar-refractivity contribution is 0.464. The van der Waals surface area contributed by atoms with Crippen molar-refractivity contribution in [3.05, 3.63) is 0 Å². The fourth-order valence-electron chi connectivity index (χ4n) is 2.23. The number of nitrogens with one attached hydrogen (secondary N) is 3. The average Bonchev–Trinajstić information content (AvgIpc) is 2.63. The van der Waals surface area contributed by atoms with Crippen LogP contribution in [0, 0.1) is 0 Å². The van der Waals surface area contributed by atoms with Crippen molar-refractivity contribution in [3.63, 3.8) is 0 Å². The Balaban J connectivity index is 0.00000484. The van der Waals surface area contributed by atoms with Gasteiger partial charge in [-0.3, -0.25) is 4.99 Å². The van der Waals surface area contributed by atoms with Gasteiger partial charge in [0, 0.05) is 18.1 Å². The Morgan fingerprint density at radius 3 is 2.39 bits per heavy atom. The first kappa shape index (κ1) is 22.9. The fourth-order valence-corrected chi connectivity index (χ4v) is 4.97. The van der Waals surface area contributed by atoms with Crippen LogP contribution in [0.5, 0.6) is 0 Å². The Bertz CT molecular complexity index is 617. The minimum absolute atomic E-state index is 0. The molecule has 1 unspecified atom stereocenters. The molecule has 1 fully saturated rings. The number of nitrogens with zero attached hydrogens (tertiary/aromatic N) is 1. The van der Waals surface area contributed by atoms with Gasteiger partial charge in [-0.2, -0.15) is 0 Å². The fraction of sp³-hybridized carbons (Fsp3) is 0.917.